The van der Waals surface area contributed by atoms with Crippen molar-refractivity contribution in [3.8, 4) is 5.88 Å². The van der Waals surface area contributed by atoms with Crippen molar-refractivity contribution < 1.29 is 4.74 Å². The highest BCUT2D eigenvalue weighted by Crippen LogP contribution is 2.28. The summed E-state index contributed by atoms with van der Waals surface area (Å²) < 4.78 is 5.04. The number of anilines is 2. The third kappa shape index (κ3) is 2.72. The Balaban J connectivity index is 1.79. The number of fused-ring (bicyclic) bond motifs is 1. The minimum Gasteiger partial charge on any atom is -0.481 e. The number of pyridine rings is 2. The topological polar surface area (TPSA) is 73.1 Å². The molecule has 0 fully saturated rings. The summed E-state index contributed by atoms with van der Waals surface area (Å²) in [5.74, 6) is 0.608. The summed E-state index contributed by atoms with van der Waals surface area (Å²) in [7, 11) is 1.60. The normalized spacial score (nSPS) is 10.5. The fourth-order valence-corrected chi connectivity index (χ4v) is 2.18. The Hall–Kier alpha value is -2.82. The minimum atomic E-state index is 0.608. The molecule has 2 aromatic heterocycles. The van der Waals surface area contributed by atoms with Crippen LogP contribution in [0.2, 0.25) is 0 Å². The SMILES string of the molecule is COc1ccc(CNc2ccc3cnccc3c2N)cn1. The average Bonchev–Trinajstić information content (AvgIpc) is 2.55. The Labute approximate surface area is 122 Å². The van der Waals surface area contributed by atoms with E-state index in [0.717, 1.165) is 27.7 Å². The highest BCUT2D eigenvalue weighted by Gasteiger charge is 2.04. The summed E-state index contributed by atoms with van der Waals surface area (Å²) in [4.78, 5) is 8.28. The van der Waals surface area contributed by atoms with Gasteiger partial charge in [-0.15, -0.1) is 0 Å². The van der Waals surface area contributed by atoms with Crippen LogP contribution in [0.4, 0.5) is 11.4 Å². The largest absolute Gasteiger partial charge is 0.481 e. The van der Waals surface area contributed by atoms with Gasteiger partial charge in [0.05, 0.1) is 18.5 Å². The van der Waals surface area contributed by atoms with E-state index in [9.17, 15) is 0 Å². The van der Waals surface area contributed by atoms with Crippen molar-refractivity contribution in [1.82, 2.24) is 9.97 Å². The van der Waals surface area contributed by atoms with Crippen LogP contribution in [0.25, 0.3) is 10.8 Å². The van der Waals surface area contributed by atoms with E-state index in [0.29, 0.717) is 12.4 Å². The fraction of sp³-hybridized carbons (Fsp3) is 0.125. The first kappa shape index (κ1) is 13.2. The van der Waals surface area contributed by atoms with E-state index in [2.05, 4.69) is 15.3 Å². The second-order valence-electron chi connectivity index (χ2n) is 4.69. The maximum atomic E-state index is 6.20. The van der Waals surface area contributed by atoms with Crippen LogP contribution in [0.3, 0.4) is 0 Å². The molecule has 0 saturated carbocycles. The molecular weight excluding hydrogens is 264 g/mol. The summed E-state index contributed by atoms with van der Waals surface area (Å²) in [6.07, 6.45) is 5.34. The van der Waals surface area contributed by atoms with Gasteiger partial charge in [0.2, 0.25) is 5.88 Å². The smallest absolute Gasteiger partial charge is 0.212 e. The summed E-state index contributed by atoms with van der Waals surface area (Å²) in [6, 6.07) is 9.71. The molecule has 3 rings (SSSR count). The molecule has 0 radical (unpaired) electrons. The van der Waals surface area contributed by atoms with Gasteiger partial charge in [0, 0.05) is 42.0 Å². The van der Waals surface area contributed by atoms with E-state index in [-0.39, 0.29) is 0 Å². The standard InChI is InChI=1S/C16H16N4O/c1-21-15-5-2-11(9-20-15)8-19-14-4-3-12-10-18-7-6-13(12)16(14)17/h2-7,9-10,19H,8,17H2,1H3. The van der Waals surface area contributed by atoms with Crippen LogP contribution >= 0.6 is 0 Å². The van der Waals surface area contributed by atoms with Crippen LogP contribution in [0.5, 0.6) is 5.88 Å². The Bertz CT molecular complexity index is 756. The van der Waals surface area contributed by atoms with E-state index in [1.165, 1.54) is 0 Å². The highest BCUT2D eigenvalue weighted by molar-refractivity contribution is 5.98. The number of nitrogens with one attached hydrogen (secondary N) is 1. The van der Waals surface area contributed by atoms with Gasteiger partial charge in [-0.05, 0) is 17.7 Å². The van der Waals surface area contributed by atoms with Gasteiger partial charge in [-0.25, -0.2) is 4.98 Å². The first-order valence-corrected chi connectivity index (χ1v) is 6.63. The minimum absolute atomic E-state index is 0.608. The number of methoxy groups -OCH3 is 1. The van der Waals surface area contributed by atoms with Crippen LogP contribution in [-0.2, 0) is 6.54 Å². The maximum absolute atomic E-state index is 6.20. The quantitative estimate of drug-likeness (QED) is 0.719. The number of ether oxygens (including phenoxy) is 1. The van der Waals surface area contributed by atoms with E-state index in [1.54, 1.807) is 19.5 Å². The van der Waals surface area contributed by atoms with Crippen LogP contribution in [0.1, 0.15) is 5.56 Å². The van der Waals surface area contributed by atoms with Gasteiger partial charge in [-0.3, -0.25) is 4.98 Å². The number of benzene rings is 1. The van der Waals surface area contributed by atoms with Gasteiger partial charge in [0.1, 0.15) is 0 Å². The molecule has 0 saturated heterocycles. The first-order chi connectivity index (χ1) is 10.3. The van der Waals surface area contributed by atoms with Crippen LogP contribution in [0.15, 0.2) is 48.9 Å². The third-order valence-electron chi connectivity index (χ3n) is 3.35. The van der Waals surface area contributed by atoms with Crippen LogP contribution < -0.4 is 15.8 Å². The summed E-state index contributed by atoms with van der Waals surface area (Å²) in [5, 5.41) is 5.37. The fourth-order valence-electron chi connectivity index (χ4n) is 2.18. The number of aromatic nitrogens is 2. The Morgan fingerprint density at radius 3 is 2.81 bits per heavy atom. The van der Waals surface area contributed by atoms with Gasteiger partial charge < -0.3 is 15.8 Å². The molecule has 0 amide bonds. The lowest BCUT2D eigenvalue weighted by atomic mass is 10.1. The second kappa shape index (κ2) is 5.66. The highest BCUT2D eigenvalue weighted by atomic mass is 16.5. The van der Waals surface area contributed by atoms with Crippen molar-refractivity contribution in [1.29, 1.82) is 0 Å². The molecule has 0 spiro atoms. The van der Waals surface area contributed by atoms with Gasteiger partial charge in [0.15, 0.2) is 0 Å². The Kier molecular flexibility index (Phi) is 3.55. The zero-order valence-electron chi connectivity index (χ0n) is 11.7. The van der Waals surface area contributed by atoms with Crippen molar-refractivity contribution >= 4 is 22.1 Å². The second-order valence-corrected chi connectivity index (χ2v) is 4.69. The molecule has 1 aromatic carbocycles. The molecule has 2 heterocycles. The third-order valence-corrected chi connectivity index (χ3v) is 3.35. The average molecular weight is 280 g/mol. The molecule has 0 aliphatic carbocycles. The maximum Gasteiger partial charge on any atom is 0.212 e. The zero-order chi connectivity index (χ0) is 14.7. The number of nitrogen functional groups attached to an aromatic ring is 1. The molecule has 0 aliphatic heterocycles. The Morgan fingerprint density at radius 2 is 2.05 bits per heavy atom. The number of nitrogens with zero attached hydrogens (tertiary/aromatic N) is 2. The Morgan fingerprint density at radius 1 is 1.14 bits per heavy atom. The molecule has 0 bridgehead atoms. The lowest BCUT2D eigenvalue weighted by molar-refractivity contribution is 0.397. The van der Waals surface area contributed by atoms with Crippen molar-refractivity contribution in [3.05, 3.63) is 54.5 Å². The van der Waals surface area contributed by atoms with E-state index < -0.39 is 0 Å². The number of rotatable bonds is 4. The number of hydrogen-bond donors (Lipinski definition) is 2. The van der Waals surface area contributed by atoms with Crippen molar-refractivity contribution in [2.24, 2.45) is 0 Å². The van der Waals surface area contributed by atoms with E-state index in [1.807, 2.05) is 36.5 Å². The zero-order valence-corrected chi connectivity index (χ0v) is 11.7. The predicted molar refractivity (Wildman–Crippen MR) is 84.3 cm³/mol. The monoisotopic (exact) mass is 280 g/mol. The molecule has 21 heavy (non-hydrogen) atoms. The molecule has 0 atom stereocenters. The van der Waals surface area contributed by atoms with E-state index in [4.69, 9.17) is 10.5 Å². The molecular formula is C16H16N4O. The molecule has 5 nitrogen and oxygen atoms in total. The molecule has 0 unspecified atom stereocenters. The molecule has 3 N–H and O–H groups in total. The van der Waals surface area contributed by atoms with Crippen molar-refractivity contribution in [2.75, 3.05) is 18.2 Å². The van der Waals surface area contributed by atoms with Crippen molar-refractivity contribution in [3.63, 3.8) is 0 Å². The lowest BCUT2D eigenvalue weighted by Crippen LogP contribution is -2.03. The lowest BCUT2D eigenvalue weighted by Gasteiger charge is -2.11. The molecule has 3 aromatic rings. The van der Waals surface area contributed by atoms with Crippen molar-refractivity contribution in [2.45, 2.75) is 6.54 Å². The van der Waals surface area contributed by atoms with E-state index >= 15 is 0 Å². The predicted octanol–water partition coefficient (Wildman–Crippen LogP) is 2.83. The molecule has 106 valence electrons. The van der Waals surface area contributed by atoms with Gasteiger partial charge >= 0.3 is 0 Å². The summed E-state index contributed by atoms with van der Waals surface area (Å²) in [5.41, 5.74) is 8.90. The first-order valence-electron chi connectivity index (χ1n) is 6.63. The number of hydrogen-bond acceptors (Lipinski definition) is 5. The molecule has 5 heteroatoms. The van der Waals surface area contributed by atoms with Gasteiger partial charge in [-0.2, -0.15) is 0 Å². The summed E-state index contributed by atoms with van der Waals surface area (Å²) in [6.45, 7) is 0.651. The van der Waals surface area contributed by atoms with Crippen LogP contribution in [0, 0.1) is 0 Å². The van der Waals surface area contributed by atoms with Crippen LogP contribution in [-0.4, -0.2) is 17.1 Å². The molecule has 0 aliphatic rings. The van der Waals surface area contributed by atoms with Gasteiger partial charge in [-0.1, -0.05) is 12.1 Å². The summed E-state index contributed by atoms with van der Waals surface area (Å²) >= 11 is 0. The van der Waals surface area contributed by atoms with Gasteiger partial charge in [0.25, 0.3) is 0 Å². The number of nitrogens with two attached hydrogens (primary N) is 1.